The van der Waals surface area contributed by atoms with Crippen molar-refractivity contribution in [3.63, 3.8) is 0 Å². The third-order valence-corrected chi connectivity index (χ3v) is 5.35. The minimum Gasteiger partial charge on any atom is -0.497 e. The van der Waals surface area contributed by atoms with Gasteiger partial charge in [-0.15, -0.1) is 0 Å². The molecule has 3 aromatic rings. The molecule has 4 rings (SSSR count). The highest BCUT2D eigenvalue weighted by Gasteiger charge is 2.34. The first-order valence-electron chi connectivity index (χ1n) is 9.38. The largest absolute Gasteiger partial charge is 0.497 e. The average molecular weight is 422 g/mol. The van der Waals surface area contributed by atoms with Gasteiger partial charge in [-0.2, -0.15) is 0 Å². The number of carbonyl (C=O) groups excluding carboxylic acids is 2. The molecule has 1 aliphatic heterocycles. The third-order valence-electron chi connectivity index (χ3n) is 4.98. The number of carbonyl (C=O) groups is 2. The lowest BCUT2D eigenvalue weighted by Crippen LogP contribution is -2.30. The molecule has 2 aromatic carbocycles. The van der Waals surface area contributed by atoms with Crippen molar-refractivity contribution in [3.05, 3.63) is 88.3 Å². The van der Waals surface area contributed by atoms with Crippen LogP contribution in [0.1, 0.15) is 17.0 Å². The number of rotatable bonds is 5. The molecule has 152 valence electrons. The van der Waals surface area contributed by atoms with Gasteiger partial charge in [-0.05, 0) is 61.0 Å². The van der Waals surface area contributed by atoms with Crippen molar-refractivity contribution in [3.8, 4) is 11.4 Å². The zero-order chi connectivity index (χ0) is 21.3. The number of aromatic nitrogens is 1. The van der Waals surface area contributed by atoms with E-state index >= 15 is 0 Å². The van der Waals surface area contributed by atoms with Gasteiger partial charge in [-0.1, -0.05) is 29.8 Å². The van der Waals surface area contributed by atoms with E-state index in [1.807, 2.05) is 54.0 Å². The highest BCUT2D eigenvalue weighted by atomic mass is 35.5. The number of amides is 3. The van der Waals surface area contributed by atoms with Crippen LogP contribution in [0.5, 0.6) is 5.75 Å². The zero-order valence-corrected chi connectivity index (χ0v) is 17.3. The Kier molecular flexibility index (Phi) is 5.33. The normalized spacial score (nSPS) is 15.0. The van der Waals surface area contributed by atoms with Gasteiger partial charge in [0.25, 0.3) is 5.91 Å². The minimum atomic E-state index is -0.467. The van der Waals surface area contributed by atoms with Crippen LogP contribution in [0.4, 0.5) is 4.79 Å². The van der Waals surface area contributed by atoms with Gasteiger partial charge in [0.05, 0.1) is 13.7 Å². The quantitative estimate of drug-likeness (QED) is 0.486. The maximum absolute atomic E-state index is 12.9. The maximum Gasteiger partial charge on any atom is 0.329 e. The van der Waals surface area contributed by atoms with Gasteiger partial charge in [0.2, 0.25) is 0 Å². The number of methoxy groups -OCH3 is 1. The lowest BCUT2D eigenvalue weighted by Gasteiger charge is -2.13. The first kappa shape index (κ1) is 19.8. The number of nitrogens with one attached hydrogen (secondary N) is 1. The second-order valence-corrected chi connectivity index (χ2v) is 7.31. The Hall–Kier alpha value is -3.51. The van der Waals surface area contributed by atoms with Crippen molar-refractivity contribution >= 4 is 29.6 Å². The Bertz CT molecular complexity index is 1150. The number of benzene rings is 2. The number of imide groups is 1. The van der Waals surface area contributed by atoms with E-state index in [2.05, 4.69) is 5.32 Å². The number of aryl methyl sites for hydroxylation is 1. The van der Waals surface area contributed by atoms with E-state index in [0.717, 1.165) is 27.7 Å². The van der Waals surface area contributed by atoms with Crippen LogP contribution in [-0.2, 0) is 11.3 Å². The van der Waals surface area contributed by atoms with E-state index in [-0.39, 0.29) is 18.1 Å². The van der Waals surface area contributed by atoms with Gasteiger partial charge >= 0.3 is 6.03 Å². The average Bonchev–Trinajstić information content (AvgIpc) is 3.24. The molecule has 1 aromatic heterocycles. The van der Waals surface area contributed by atoms with Crippen molar-refractivity contribution in [1.29, 1.82) is 0 Å². The van der Waals surface area contributed by atoms with Crippen LogP contribution in [0.15, 0.2) is 66.4 Å². The fourth-order valence-corrected chi connectivity index (χ4v) is 3.61. The van der Waals surface area contributed by atoms with Gasteiger partial charge in [-0.3, -0.25) is 9.69 Å². The highest BCUT2D eigenvalue weighted by molar-refractivity contribution is 6.31. The predicted molar refractivity (Wildman–Crippen MR) is 116 cm³/mol. The molecule has 0 saturated carbocycles. The Morgan fingerprint density at radius 2 is 1.77 bits per heavy atom. The first-order valence-corrected chi connectivity index (χ1v) is 9.76. The van der Waals surface area contributed by atoms with Crippen molar-refractivity contribution in [2.24, 2.45) is 0 Å². The first-order chi connectivity index (χ1) is 14.5. The van der Waals surface area contributed by atoms with Gasteiger partial charge in [0.1, 0.15) is 11.4 Å². The molecular formula is C23H20ClN3O3. The standard InChI is InChI=1S/C23H20ClN3O3/c1-15-7-8-18(27(15)17-9-11-19(30-2)12-10-17)13-21-22(28)26(23(29)25-21)14-16-5-3-4-6-20(16)24/h3-13H,14H2,1-2H3,(H,25,29)/b21-13-. The third kappa shape index (κ3) is 3.69. The summed E-state index contributed by atoms with van der Waals surface area (Å²) in [6.07, 6.45) is 1.68. The molecule has 0 radical (unpaired) electrons. The molecule has 2 heterocycles. The molecule has 7 heteroatoms. The predicted octanol–water partition coefficient (Wildman–Crippen LogP) is 4.54. The van der Waals surface area contributed by atoms with Crippen LogP contribution in [-0.4, -0.2) is 28.5 Å². The molecule has 0 spiro atoms. The van der Waals surface area contributed by atoms with Crippen LogP contribution >= 0.6 is 11.6 Å². The van der Waals surface area contributed by atoms with E-state index < -0.39 is 6.03 Å². The van der Waals surface area contributed by atoms with E-state index in [1.54, 1.807) is 31.4 Å². The van der Waals surface area contributed by atoms with Crippen LogP contribution in [0.25, 0.3) is 11.8 Å². The Morgan fingerprint density at radius 1 is 1.03 bits per heavy atom. The fraction of sp³-hybridized carbons (Fsp3) is 0.130. The SMILES string of the molecule is COc1ccc(-n2c(C)ccc2/C=C2\NC(=O)N(Cc3ccccc3Cl)C2=O)cc1. The lowest BCUT2D eigenvalue weighted by atomic mass is 10.2. The molecule has 1 saturated heterocycles. The second kappa shape index (κ2) is 8.08. The summed E-state index contributed by atoms with van der Waals surface area (Å²) in [5.74, 6) is 0.372. The van der Waals surface area contributed by atoms with E-state index in [9.17, 15) is 9.59 Å². The summed E-state index contributed by atoms with van der Waals surface area (Å²) in [7, 11) is 1.62. The van der Waals surface area contributed by atoms with Crippen LogP contribution in [0.2, 0.25) is 5.02 Å². The van der Waals surface area contributed by atoms with Crippen LogP contribution in [0, 0.1) is 6.92 Å². The molecule has 3 amide bonds. The summed E-state index contributed by atoms with van der Waals surface area (Å²) in [4.78, 5) is 26.5. The summed E-state index contributed by atoms with van der Waals surface area (Å²) >= 11 is 6.18. The lowest BCUT2D eigenvalue weighted by molar-refractivity contribution is -0.123. The molecule has 1 fully saturated rings. The number of hydrogen-bond donors (Lipinski definition) is 1. The topological polar surface area (TPSA) is 63.6 Å². The summed E-state index contributed by atoms with van der Waals surface area (Å²) in [5.41, 5.74) is 3.63. The smallest absolute Gasteiger partial charge is 0.329 e. The fourth-order valence-electron chi connectivity index (χ4n) is 3.42. The molecule has 6 nitrogen and oxygen atoms in total. The molecule has 1 N–H and O–H groups in total. The van der Waals surface area contributed by atoms with Crippen LogP contribution < -0.4 is 10.1 Å². The van der Waals surface area contributed by atoms with E-state index in [1.165, 1.54) is 0 Å². The molecule has 1 aliphatic rings. The molecular weight excluding hydrogens is 402 g/mol. The van der Waals surface area contributed by atoms with Gasteiger partial charge in [-0.25, -0.2) is 4.79 Å². The van der Waals surface area contributed by atoms with Crippen molar-refractivity contribution < 1.29 is 14.3 Å². The maximum atomic E-state index is 12.9. The van der Waals surface area contributed by atoms with Gasteiger partial charge < -0.3 is 14.6 Å². The summed E-state index contributed by atoms with van der Waals surface area (Å²) in [6, 6.07) is 18.2. The molecule has 0 atom stereocenters. The van der Waals surface area contributed by atoms with E-state index in [4.69, 9.17) is 16.3 Å². The Morgan fingerprint density at radius 3 is 2.47 bits per heavy atom. The molecule has 0 aliphatic carbocycles. The number of urea groups is 1. The zero-order valence-electron chi connectivity index (χ0n) is 16.6. The highest BCUT2D eigenvalue weighted by Crippen LogP contribution is 2.24. The number of nitrogens with zero attached hydrogens (tertiary/aromatic N) is 2. The Labute approximate surface area is 179 Å². The van der Waals surface area contributed by atoms with Gasteiger partial charge in [0.15, 0.2) is 0 Å². The molecule has 0 bridgehead atoms. The van der Waals surface area contributed by atoms with Crippen molar-refractivity contribution in [2.75, 3.05) is 7.11 Å². The van der Waals surface area contributed by atoms with Crippen molar-refractivity contribution in [1.82, 2.24) is 14.8 Å². The number of halogens is 1. The molecule has 0 unspecified atom stereocenters. The number of hydrogen-bond acceptors (Lipinski definition) is 3. The summed E-state index contributed by atoms with van der Waals surface area (Å²) in [6.45, 7) is 2.09. The Balaban J connectivity index is 1.63. The van der Waals surface area contributed by atoms with Crippen molar-refractivity contribution in [2.45, 2.75) is 13.5 Å². The monoisotopic (exact) mass is 421 g/mol. The second-order valence-electron chi connectivity index (χ2n) is 6.90. The molecule has 30 heavy (non-hydrogen) atoms. The number of ether oxygens (including phenoxy) is 1. The summed E-state index contributed by atoms with van der Waals surface area (Å²) in [5, 5.41) is 3.18. The minimum absolute atomic E-state index is 0.111. The summed E-state index contributed by atoms with van der Waals surface area (Å²) < 4.78 is 7.22. The van der Waals surface area contributed by atoms with Gasteiger partial charge in [0, 0.05) is 22.1 Å². The van der Waals surface area contributed by atoms with E-state index in [0.29, 0.717) is 10.6 Å². The van der Waals surface area contributed by atoms with Crippen LogP contribution in [0.3, 0.4) is 0 Å².